The summed E-state index contributed by atoms with van der Waals surface area (Å²) in [5.74, 6) is 1.02. The first-order valence-electron chi connectivity index (χ1n) is 6.32. The topological polar surface area (TPSA) is 95.2 Å². The maximum atomic E-state index is 10.5. The second kappa shape index (κ2) is 4.83. The van der Waals surface area contributed by atoms with E-state index in [1.165, 1.54) is 31.4 Å². The molecule has 19 heavy (non-hydrogen) atoms. The molecule has 0 radical (unpaired) electrons. The largest absolute Gasteiger partial charge is 0.433 e. The van der Waals surface area contributed by atoms with Crippen LogP contribution in [-0.2, 0) is 0 Å². The first kappa shape index (κ1) is 11.9. The fourth-order valence-corrected chi connectivity index (χ4v) is 2.39. The van der Waals surface area contributed by atoms with E-state index in [-0.39, 0.29) is 17.5 Å². The lowest BCUT2D eigenvalue weighted by Gasteiger charge is -2.17. The van der Waals surface area contributed by atoms with Gasteiger partial charge in [-0.3, -0.25) is 10.1 Å². The van der Waals surface area contributed by atoms with Crippen LogP contribution in [0.3, 0.4) is 0 Å². The minimum atomic E-state index is -0.595. The minimum Gasteiger partial charge on any atom is -0.418 e. The predicted molar refractivity (Wildman–Crippen MR) is 64.5 cm³/mol. The van der Waals surface area contributed by atoms with Crippen LogP contribution in [0.15, 0.2) is 21.0 Å². The molecule has 0 bridgehead atoms. The van der Waals surface area contributed by atoms with Crippen molar-refractivity contribution in [1.29, 1.82) is 0 Å². The van der Waals surface area contributed by atoms with E-state index in [2.05, 4.69) is 10.2 Å². The molecule has 1 aliphatic rings. The van der Waals surface area contributed by atoms with Crippen LogP contribution in [0, 0.1) is 10.1 Å². The Morgan fingerprint density at radius 2 is 1.95 bits per heavy atom. The van der Waals surface area contributed by atoms with Crippen LogP contribution in [0.1, 0.15) is 43.9 Å². The van der Waals surface area contributed by atoms with Gasteiger partial charge in [0.1, 0.15) is 4.92 Å². The molecular formula is C12H13N3O4. The summed E-state index contributed by atoms with van der Waals surface area (Å²) in [6, 6.07) is 2.75. The maximum Gasteiger partial charge on any atom is 0.433 e. The Labute approximate surface area is 108 Å². The molecule has 2 aromatic heterocycles. The van der Waals surface area contributed by atoms with Crippen molar-refractivity contribution in [2.24, 2.45) is 0 Å². The van der Waals surface area contributed by atoms with Crippen LogP contribution in [0.5, 0.6) is 0 Å². The van der Waals surface area contributed by atoms with Crippen molar-refractivity contribution in [2.45, 2.75) is 38.0 Å². The predicted octanol–water partition coefficient (Wildman–Crippen LogP) is 3.29. The first-order chi connectivity index (χ1) is 9.24. The molecule has 0 atom stereocenters. The van der Waals surface area contributed by atoms with Gasteiger partial charge in [0.25, 0.3) is 5.89 Å². The van der Waals surface area contributed by atoms with E-state index in [0.717, 1.165) is 12.8 Å². The van der Waals surface area contributed by atoms with Gasteiger partial charge >= 0.3 is 5.88 Å². The van der Waals surface area contributed by atoms with Gasteiger partial charge in [0.2, 0.25) is 5.89 Å². The summed E-state index contributed by atoms with van der Waals surface area (Å²) in [7, 11) is 0. The van der Waals surface area contributed by atoms with Crippen LogP contribution >= 0.6 is 0 Å². The lowest BCUT2D eigenvalue weighted by atomic mass is 9.89. The molecule has 100 valence electrons. The molecule has 3 rings (SSSR count). The van der Waals surface area contributed by atoms with Crippen molar-refractivity contribution in [1.82, 2.24) is 10.2 Å². The number of nitro groups is 1. The molecule has 0 aromatic carbocycles. The molecule has 0 amide bonds. The molecule has 0 aliphatic heterocycles. The van der Waals surface area contributed by atoms with Crippen LogP contribution in [0.2, 0.25) is 0 Å². The highest BCUT2D eigenvalue weighted by Crippen LogP contribution is 2.33. The molecule has 7 heteroatoms. The standard InChI is InChI=1S/C12H13N3O4/c16-15(17)10-7-6-9(18-10)12-14-13-11(19-12)8-4-2-1-3-5-8/h6-8H,1-5H2. The van der Waals surface area contributed by atoms with Crippen LogP contribution in [-0.4, -0.2) is 15.1 Å². The molecule has 0 unspecified atom stereocenters. The molecule has 0 N–H and O–H groups in total. The first-order valence-corrected chi connectivity index (χ1v) is 6.32. The second-order valence-corrected chi connectivity index (χ2v) is 4.68. The van der Waals surface area contributed by atoms with Gasteiger partial charge < -0.3 is 8.83 Å². The Bertz CT molecular complexity index is 583. The Morgan fingerprint density at radius 1 is 1.16 bits per heavy atom. The smallest absolute Gasteiger partial charge is 0.418 e. The van der Waals surface area contributed by atoms with Gasteiger partial charge in [-0.1, -0.05) is 19.3 Å². The van der Waals surface area contributed by atoms with E-state index >= 15 is 0 Å². The summed E-state index contributed by atoms with van der Waals surface area (Å²) < 4.78 is 10.6. The summed E-state index contributed by atoms with van der Waals surface area (Å²) in [4.78, 5) is 9.95. The zero-order valence-corrected chi connectivity index (χ0v) is 10.2. The van der Waals surface area contributed by atoms with Gasteiger partial charge in [0.05, 0.1) is 6.07 Å². The van der Waals surface area contributed by atoms with Crippen molar-refractivity contribution in [3.8, 4) is 11.7 Å². The number of hydrogen-bond acceptors (Lipinski definition) is 6. The van der Waals surface area contributed by atoms with Crippen LogP contribution in [0.4, 0.5) is 5.88 Å². The quantitative estimate of drug-likeness (QED) is 0.622. The Morgan fingerprint density at radius 3 is 2.63 bits per heavy atom. The van der Waals surface area contributed by atoms with E-state index in [9.17, 15) is 10.1 Å². The molecule has 2 aromatic rings. The Balaban J connectivity index is 1.81. The van der Waals surface area contributed by atoms with Crippen molar-refractivity contribution in [2.75, 3.05) is 0 Å². The number of rotatable bonds is 3. The lowest BCUT2D eigenvalue weighted by Crippen LogP contribution is -2.04. The van der Waals surface area contributed by atoms with Crippen LogP contribution in [0.25, 0.3) is 11.7 Å². The monoisotopic (exact) mass is 263 g/mol. The Hall–Kier alpha value is -2.18. The Kier molecular flexibility index (Phi) is 3.02. The summed E-state index contributed by atoms with van der Waals surface area (Å²) in [6.07, 6.45) is 5.71. The average molecular weight is 263 g/mol. The van der Waals surface area contributed by atoms with Crippen molar-refractivity contribution in [3.05, 3.63) is 28.1 Å². The van der Waals surface area contributed by atoms with E-state index in [1.807, 2.05) is 0 Å². The van der Waals surface area contributed by atoms with Gasteiger partial charge in [-0.05, 0) is 18.9 Å². The minimum absolute atomic E-state index is 0.202. The lowest BCUT2D eigenvalue weighted by molar-refractivity contribution is -0.401. The SMILES string of the molecule is O=[N+]([O-])c1ccc(-c2nnc(C3CCCCC3)o2)o1. The van der Waals surface area contributed by atoms with E-state index in [4.69, 9.17) is 8.83 Å². The normalized spacial score (nSPS) is 16.6. The highest BCUT2D eigenvalue weighted by molar-refractivity contribution is 5.46. The third kappa shape index (κ3) is 2.35. The molecule has 1 aliphatic carbocycles. The summed E-state index contributed by atoms with van der Waals surface area (Å²) >= 11 is 0. The average Bonchev–Trinajstić information content (AvgIpc) is 3.09. The molecule has 1 fully saturated rings. The van der Waals surface area contributed by atoms with E-state index in [1.54, 1.807) is 0 Å². The van der Waals surface area contributed by atoms with Gasteiger partial charge in [0, 0.05) is 5.92 Å². The van der Waals surface area contributed by atoms with Crippen molar-refractivity contribution >= 4 is 5.88 Å². The summed E-state index contributed by atoms with van der Waals surface area (Å²) in [5.41, 5.74) is 0. The van der Waals surface area contributed by atoms with Gasteiger partial charge in [0.15, 0.2) is 5.76 Å². The van der Waals surface area contributed by atoms with Crippen LogP contribution < -0.4 is 0 Å². The molecule has 0 saturated heterocycles. The highest BCUT2D eigenvalue weighted by Gasteiger charge is 2.23. The molecule has 7 nitrogen and oxygen atoms in total. The molecule has 0 spiro atoms. The van der Waals surface area contributed by atoms with Gasteiger partial charge in [-0.15, -0.1) is 10.2 Å². The van der Waals surface area contributed by atoms with Crippen molar-refractivity contribution < 1.29 is 13.8 Å². The third-order valence-electron chi connectivity index (χ3n) is 3.38. The fraction of sp³-hybridized carbons (Fsp3) is 0.500. The third-order valence-corrected chi connectivity index (χ3v) is 3.38. The van der Waals surface area contributed by atoms with E-state index in [0.29, 0.717) is 11.8 Å². The number of aromatic nitrogens is 2. The summed E-state index contributed by atoms with van der Waals surface area (Å²) in [6.45, 7) is 0. The molecule has 1 saturated carbocycles. The van der Waals surface area contributed by atoms with Gasteiger partial charge in [-0.2, -0.15) is 0 Å². The fourth-order valence-electron chi connectivity index (χ4n) is 2.39. The zero-order chi connectivity index (χ0) is 13.2. The second-order valence-electron chi connectivity index (χ2n) is 4.68. The van der Waals surface area contributed by atoms with Crippen molar-refractivity contribution in [3.63, 3.8) is 0 Å². The maximum absolute atomic E-state index is 10.5. The molecule has 2 heterocycles. The van der Waals surface area contributed by atoms with E-state index < -0.39 is 4.92 Å². The number of hydrogen-bond donors (Lipinski definition) is 0. The number of nitrogens with zero attached hydrogens (tertiary/aromatic N) is 3. The van der Waals surface area contributed by atoms with Gasteiger partial charge in [-0.25, -0.2) is 0 Å². The zero-order valence-electron chi connectivity index (χ0n) is 10.2. The number of furan rings is 1. The highest BCUT2D eigenvalue weighted by atomic mass is 16.6. The molecular weight excluding hydrogens is 250 g/mol. The summed E-state index contributed by atoms with van der Waals surface area (Å²) in [5, 5.41) is 18.5.